The average Bonchev–Trinajstić information content (AvgIpc) is 2.48. The maximum absolute atomic E-state index is 5.72. The summed E-state index contributed by atoms with van der Waals surface area (Å²) < 4.78 is 5.72. The zero-order valence-corrected chi connectivity index (χ0v) is 14.8. The van der Waals surface area contributed by atoms with Crippen molar-refractivity contribution in [3.05, 3.63) is 34.7 Å². The molecule has 2 aliphatic rings. The molecule has 0 spiro atoms. The Labute approximate surface area is 118 Å². The van der Waals surface area contributed by atoms with E-state index in [0.717, 1.165) is 13.2 Å². The molecule has 0 amide bonds. The molecule has 0 saturated heterocycles. The van der Waals surface area contributed by atoms with Crippen molar-refractivity contribution in [2.45, 2.75) is 45.6 Å². The summed E-state index contributed by atoms with van der Waals surface area (Å²) in [7, 11) is -2.93. The van der Waals surface area contributed by atoms with Crippen molar-refractivity contribution in [3.8, 4) is 0 Å². The van der Waals surface area contributed by atoms with Crippen molar-refractivity contribution in [3.63, 3.8) is 0 Å². The third-order valence-electron chi connectivity index (χ3n) is 5.29. The molecule has 0 N–H and O–H groups in total. The van der Waals surface area contributed by atoms with Crippen LogP contribution in [0.5, 0.6) is 0 Å². The van der Waals surface area contributed by atoms with Gasteiger partial charge in [-0.1, -0.05) is 60.4 Å². The van der Waals surface area contributed by atoms with Gasteiger partial charge in [-0.25, -0.2) is 0 Å². The Hall–Kier alpha value is -0.646. The summed E-state index contributed by atoms with van der Waals surface area (Å²) in [6.07, 6.45) is 0. The molecular weight excluding hydrogens is 264 g/mol. The quantitative estimate of drug-likeness (QED) is 0.667. The summed E-state index contributed by atoms with van der Waals surface area (Å²) in [6, 6.07) is 5.00. The van der Waals surface area contributed by atoms with Gasteiger partial charge in [-0.2, -0.15) is 0 Å². The lowest BCUT2D eigenvalue weighted by atomic mass is 9.95. The molecule has 0 bridgehead atoms. The van der Waals surface area contributed by atoms with Crippen LogP contribution in [0.1, 0.15) is 24.0 Å². The van der Waals surface area contributed by atoms with Crippen LogP contribution in [-0.4, -0.2) is 22.8 Å². The van der Waals surface area contributed by atoms with E-state index in [1.165, 1.54) is 11.1 Å². The maximum Gasteiger partial charge on any atom is 0.103 e. The average molecular weight is 289 g/mol. The van der Waals surface area contributed by atoms with E-state index in [1.54, 1.807) is 15.2 Å². The first-order chi connectivity index (χ1) is 8.76. The SMILES string of the molecule is C=C1[Si](C)(C)c2cc3c(cc2[Si]1(C)C)C(C)COC3. The van der Waals surface area contributed by atoms with Crippen LogP contribution in [-0.2, 0) is 11.3 Å². The molecule has 3 heteroatoms. The van der Waals surface area contributed by atoms with Crippen LogP contribution < -0.4 is 10.4 Å². The first-order valence-corrected chi connectivity index (χ1v) is 13.2. The molecule has 0 fully saturated rings. The Kier molecular flexibility index (Phi) is 2.76. The molecule has 0 aliphatic carbocycles. The van der Waals surface area contributed by atoms with E-state index in [9.17, 15) is 0 Å². The van der Waals surface area contributed by atoms with Gasteiger partial charge in [-0.15, -0.1) is 6.58 Å². The van der Waals surface area contributed by atoms with E-state index < -0.39 is 16.1 Å². The molecule has 0 aromatic heterocycles. The van der Waals surface area contributed by atoms with Gasteiger partial charge in [0.2, 0.25) is 0 Å². The minimum absolute atomic E-state index is 0.539. The van der Waals surface area contributed by atoms with Crippen LogP contribution in [0, 0.1) is 0 Å². The minimum atomic E-state index is -1.47. The highest BCUT2D eigenvalue weighted by atomic mass is 28.4. The molecule has 1 unspecified atom stereocenters. The van der Waals surface area contributed by atoms with Crippen LogP contribution in [0.25, 0.3) is 0 Å². The first-order valence-electron chi connectivity index (χ1n) is 7.21. The van der Waals surface area contributed by atoms with Crippen LogP contribution >= 0.6 is 0 Å². The predicted molar refractivity (Wildman–Crippen MR) is 87.9 cm³/mol. The minimum Gasteiger partial charge on any atom is -0.376 e. The van der Waals surface area contributed by atoms with E-state index in [2.05, 4.69) is 51.8 Å². The van der Waals surface area contributed by atoms with Gasteiger partial charge < -0.3 is 4.74 Å². The van der Waals surface area contributed by atoms with Crippen molar-refractivity contribution in [1.82, 2.24) is 0 Å². The van der Waals surface area contributed by atoms with E-state index >= 15 is 0 Å². The third-order valence-corrected chi connectivity index (χ3v) is 15.8. The highest BCUT2D eigenvalue weighted by Gasteiger charge is 2.48. The molecule has 0 saturated carbocycles. The second-order valence-corrected chi connectivity index (χ2v) is 16.5. The number of ether oxygens (including phenoxy) is 1. The van der Waals surface area contributed by atoms with Gasteiger partial charge in [0.1, 0.15) is 16.1 Å². The highest BCUT2D eigenvalue weighted by molar-refractivity contribution is 7.22. The molecule has 102 valence electrons. The summed E-state index contributed by atoms with van der Waals surface area (Å²) in [5, 5.41) is 3.31. The monoisotopic (exact) mass is 288 g/mol. The summed E-state index contributed by atoms with van der Waals surface area (Å²) in [4.78, 5) is 1.60. The normalized spacial score (nSPS) is 27.0. The van der Waals surface area contributed by atoms with Crippen molar-refractivity contribution in [2.75, 3.05) is 6.61 Å². The zero-order chi connectivity index (χ0) is 14.0. The van der Waals surface area contributed by atoms with E-state index in [4.69, 9.17) is 4.74 Å². The van der Waals surface area contributed by atoms with Gasteiger partial charge in [0.15, 0.2) is 0 Å². The van der Waals surface area contributed by atoms with Crippen molar-refractivity contribution in [1.29, 1.82) is 0 Å². The Morgan fingerprint density at radius 2 is 1.68 bits per heavy atom. The Bertz CT molecular complexity index is 572. The second kappa shape index (κ2) is 3.93. The number of benzene rings is 1. The molecule has 2 heterocycles. The number of rotatable bonds is 0. The topological polar surface area (TPSA) is 9.23 Å². The van der Waals surface area contributed by atoms with E-state index in [0.29, 0.717) is 5.92 Å². The standard InChI is InChI=1S/C16H24OSi2/c1-11-9-17-10-13-7-15-16(8-14(11)13)19(5,6)12(2)18(15,3)4/h7-8,11H,2,9-10H2,1,3-6H3. The zero-order valence-electron chi connectivity index (χ0n) is 12.8. The second-order valence-electron chi connectivity index (χ2n) is 7.24. The van der Waals surface area contributed by atoms with Gasteiger partial charge in [0.25, 0.3) is 0 Å². The number of fused-ring (bicyclic) bond motifs is 2. The molecule has 1 atom stereocenters. The van der Waals surface area contributed by atoms with Gasteiger partial charge in [-0.3, -0.25) is 0 Å². The van der Waals surface area contributed by atoms with Crippen LogP contribution in [0.4, 0.5) is 0 Å². The Balaban J connectivity index is 2.28. The molecule has 0 radical (unpaired) electrons. The number of hydrogen-bond acceptors (Lipinski definition) is 1. The molecule has 1 nitrogen and oxygen atoms in total. The summed E-state index contributed by atoms with van der Waals surface area (Å²) >= 11 is 0. The van der Waals surface area contributed by atoms with Crippen molar-refractivity contribution < 1.29 is 4.74 Å². The van der Waals surface area contributed by atoms with E-state index in [-0.39, 0.29) is 0 Å². The smallest absolute Gasteiger partial charge is 0.103 e. The van der Waals surface area contributed by atoms with Gasteiger partial charge in [0, 0.05) is 5.92 Å². The van der Waals surface area contributed by atoms with Crippen molar-refractivity contribution >= 4 is 26.5 Å². The highest BCUT2D eigenvalue weighted by Crippen LogP contribution is 2.33. The summed E-state index contributed by atoms with van der Waals surface area (Å²) in [5.41, 5.74) is 2.96. The summed E-state index contributed by atoms with van der Waals surface area (Å²) in [5.74, 6) is 0.539. The lowest BCUT2D eigenvalue weighted by molar-refractivity contribution is 0.0952. The molecule has 3 rings (SSSR count). The molecular formula is C16H24OSi2. The fourth-order valence-electron chi connectivity index (χ4n) is 3.82. The molecule has 19 heavy (non-hydrogen) atoms. The largest absolute Gasteiger partial charge is 0.376 e. The van der Waals surface area contributed by atoms with Gasteiger partial charge in [-0.05, 0) is 11.1 Å². The lowest BCUT2D eigenvalue weighted by Crippen LogP contribution is -2.45. The number of hydrogen-bond donors (Lipinski definition) is 0. The Morgan fingerprint density at radius 3 is 2.32 bits per heavy atom. The predicted octanol–water partition coefficient (Wildman–Crippen LogP) is 2.80. The lowest BCUT2D eigenvalue weighted by Gasteiger charge is -2.26. The first kappa shape index (κ1) is 13.3. The van der Waals surface area contributed by atoms with E-state index in [1.807, 2.05) is 0 Å². The summed E-state index contributed by atoms with van der Waals surface area (Å²) in [6.45, 7) is 18.4. The molecule has 1 aromatic rings. The molecule has 1 aromatic carbocycles. The van der Waals surface area contributed by atoms with Gasteiger partial charge >= 0.3 is 0 Å². The fourth-order valence-corrected chi connectivity index (χ4v) is 15.9. The van der Waals surface area contributed by atoms with Crippen LogP contribution in [0.2, 0.25) is 26.2 Å². The van der Waals surface area contributed by atoms with Crippen LogP contribution in [0.15, 0.2) is 23.5 Å². The third kappa shape index (κ3) is 1.68. The molecule has 2 aliphatic heterocycles. The Morgan fingerprint density at radius 1 is 1.11 bits per heavy atom. The van der Waals surface area contributed by atoms with Gasteiger partial charge in [0.05, 0.1) is 13.2 Å². The fraction of sp³-hybridized carbons (Fsp3) is 0.500. The maximum atomic E-state index is 5.72. The van der Waals surface area contributed by atoms with Crippen LogP contribution in [0.3, 0.4) is 0 Å². The van der Waals surface area contributed by atoms with Crippen molar-refractivity contribution in [2.24, 2.45) is 0 Å².